The molecule has 0 saturated carbocycles. The number of hydrogen-bond donors (Lipinski definition) is 2. The maximum Gasteiger partial charge on any atom is 0.241 e. The van der Waals surface area contributed by atoms with Crippen molar-refractivity contribution in [1.29, 1.82) is 0 Å². The number of hydrogen-bond acceptors (Lipinski definition) is 4. The minimum Gasteiger partial charge on any atom is -0.398 e. The highest BCUT2D eigenvalue weighted by atomic mass is 16.5. The molecule has 1 aliphatic heterocycles. The first-order chi connectivity index (χ1) is 10.0. The fraction of sp³-hybridized carbons (Fsp3) is 0.562. The Morgan fingerprint density at radius 2 is 2.33 bits per heavy atom. The zero-order chi connectivity index (χ0) is 15.4. The van der Waals surface area contributed by atoms with Crippen molar-refractivity contribution in [3.05, 3.63) is 23.8 Å². The van der Waals surface area contributed by atoms with Gasteiger partial charge in [-0.15, -0.1) is 0 Å². The van der Waals surface area contributed by atoms with Crippen molar-refractivity contribution in [3.8, 4) is 0 Å². The highest BCUT2D eigenvalue weighted by Gasteiger charge is 2.29. The average Bonchev–Trinajstić information content (AvgIpc) is 2.51. The molecule has 1 aromatic carbocycles. The number of nitrogen functional groups attached to an aromatic ring is 1. The van der Waals surface area contributed by atoms with Crippen molar-refractivity contribution in [1.82, 2.24) is 4.90 Å². The van der Waals surface area contributed by atoms with E-state index in [9.17, 15) is 4.79 Å². The lowest BCUT2D eigenvalue weighted by Gasteiger charge is -2.38. The van der Waals surface area contributed by atoms with Gasteiger partial charge in [0.2, 0.25) is 5.91 Å². The fourth-order valence-electron chi connectivity index (χ4n) is 2.71. The molecule has 0 aliphatic carbocycles. The van der Waals surface area contributed by atoms with Crippen LogP contribution in [0.4, 0.5) is 11.4 Å². The number of ether oxygens (including phenoxy) is 1. The number of amides is 1. The van der Waals surface area contributed by atoms with Crippen molar-refractivity contribution in [2.45, 2.75) is 39.3 Å². The Morgan fingerprint density at radius 1 is 1.57 bits per heavy atom. The highest BCUT2D eigenvalue weighted by molar-refractivity contribution is 5.95. The number of nitrogens with zero attached hydrogens (tertiary/aromatic N) is 1. The molecule has 0 aromatic heterocycles. The largest absolute Gasteiger partial charge is 0.398 e. The van der Waals surface area contributed by atoms with Gasteiger partial charge < -0.3 is 15.8 Å². The first-order valence-electron chi connectivity index (χ1n) is 7.54. The molecule has 0 radical (unpaired) electrons. The number of anilines is 2. The molecule has 3 N–H and O–H groups in total. The third-order valence-electron chi connectivity index (χ3n) is 4.25. The van der Waals surface area contributed by atoms with Crippen LogP contribution in [0.5, 0.6) is 0 Å². The normalized spacial score (nSPS) is 21.0. The van der Waals surface area contributed by atoms with Gasteiger partial charge in [0.05, 0.1) is 19.3 Å². The molecule has 1 fully saturated rings. The summed E-state index contributed by atoms with van der Waals surface area (Å²) in [5, 5.41) is 2.99. The van der Waals surface area contributed by atoms with E-state index in [0.29, 0.717) is 24.9 Å². The van der Waals surface area contributed by atoms with Crippen molar-refractivity contribution < 1.29 is 9.53 Å². The van der Waals surface area contributed by atoms with Crippen LogP contribution in [0.25, 0.3) is 0 Å². The van der Waals surface area contributed by atoms with Crippen LogP contribution >= 0.6 is 0 Å². The van der Waals surface area contributed by atoms with E-state index in [1.165, 1.54) is 0 Å². The Morgan fingerprint density at radius 3 is 3.05 bits per heavy atom. The number of carbonyl (C=O) groups excluding carboxylic acids is 1. The van der Waals surface area contributed by atoms with E-state index in [2.05, 4.69) is 17.1 Å². The van der Waals surface area contributed by atoms with Crippen molar-refractivity contribution >= 4 is 17.3 Å². The summed E-state index contributed by atoms with van der Waals surface area (Å²) in [6, 6.07) is 5.70. The minimum absolute atomic E-state index is 0.00375. The van der Waals surface area contributed by atoms with E-state index >= 15 is 0 Å². The summed E-state index contributed by atoms with van der Waals surface area (Å²) in [6.45, 7) is 8.17. The molecular weight excluding hydrogens is 266 g/mol. The summed E-state index contributed by atoms with van der Waals surface area (Å²) in [4.78, 5) is 14.7. The molecule has 2 atom stereocenters. The molecular formula is C16H25N3O2. The Balaban J connectivity index is 2.06. The third kappa shape index (κ3) is 3.54. The SMILES string of the molecule is CCC1COCCN1C(C)C(=O)Nc1cccc(N)c1C. The topological polar surface area (TPSA) is 67.6 Å². The van der Waals surface area contributed by atoms with Gasteiger partial charge in [0.15, 0.2) is 0 Å². The Labute approximate surface area is 126 Å². The van der Waals surface area contributed by atoms with Gasteiger partial charge in [-0.05, 0) is 38.0 Å². The molecule has 0 bridgehead atoms. The third-order valence-corrected chi connectivity index (χ3v) is 4.25. The van der Waals surface area contributed by atoms with E-state index in [1.54, 1.807) is 0 Å². The number of nitrogens with two attached hydrogens (primary N) is 1. The van der Waals surface area contributed by atoms with Crippen LogP contribution in [-0.4, -0.2) is 42.6 Å². The van der Waals surface area contributed by atoms with Crippen LogP contribution in [-0.2, 0) is 9.53 Å². The van der Waals surface area contributed by atoms with E-state index in [0.717, 1.165) is 24.2 Å². The maximum absolute atomic E-state index is 12.5. The molecule has 1 amide bonds. The Bertz CT molecular complexity index is 504. The molecule has 116 valence electrons. The highest BCUT2D eigenvalue weighted by Crippen LogP contribution is 2.22. The van der Waals surface area contributed by atoms with Crippen LogP contribution < -0.4 is 11.1 Å². The molecule has 1 aromatic rings. The molecule has 5 nitrogen and oxygen atoms in total. The summed E-state index contributed by atoms with van der Waals surface area (Å²) in [7, 11) is 0. The van der Waals surface area contributed by atoms with Gasteiger partial charge in [-0.3, -0.25) is 9.69 Å². The Hall–Kier alpha value is -1.59. The molecule has 2 unspecified atom stereocenters. The van der Waals surface area contributed by atoms with Gasteiger partial charge in [-0.25, -0.2) is 0 Å². The van der Waals surface area contributed by atoms with E-state index < -0.39 is 0 Å². The van der Waals surface area contributed by atoms with Crippen molar-refractivity contribution in [2.24, 2.45) is 0 Å². The molecule has 21 heavy (non-hydrogen) atoms. The lowest BCUT2D eigenvalue weighted by Crippen LogP contribution is -2.53. The molecule has 1 saturated heterocycles. The standard InChI is InChI=1S/C16H25N3O2/c1-4-13-10-21-9-8-19(13)12(3)16(20)18-15-7-5-6-14(17)11(15)2/h5-7,12-13H,4,8-10,17H2,1-3H3,(H,18,20). The molecule has 1 aliphatic rings. The quantitative estimate of drug-likeness (QED) is 0.833. The van der Waals surface area contributed by atoms with Crippen LogP contribution in [0.1, 0.15) is 25.8 Å². The number of morpholine rings is 1. The van der Waals surface area contributed by atoms with Crippen molar-refractivity contribution in [3.63, 3.8) is 0 Å². The van der Waals surface area contributed by atoms with Gasteiger partial charge in [0.1, 0.15) is 0 Å². The number of benzene rings is 1. The monoisotopic (exact) mass is 291 g/mol. The van der Waals surface area contributed by atoms with E-state index in [4.69, 9.17) is 10.5 Å². The fourth-order valence-corrected chi connectivity index (χ4v) is 2.71. The number of rotatable bonds is 4. The lowest BCUT2D eigenvalue weighted by atomic mass is 10.1. The zero-order valence-electron chi connectivity index (χ0n) is 13.1. The van der Waals surface area contributed by atoms with Crippen molar-refractivity contribution in [2.75, 3.05) is 30.8 Å². The van der Waals surface area contributed by atoms with Gasteiger partial charge >= 0.3 is 0 Å². The summed E-state index contributed by atoms with van der Waals surface area (Å²) < 4.78 is 5.50. The second kappa shape index (κ2) is 6.91. The minimum atomic E-state index is -0.181. The number of nitrogens with one attached hydrogen (secondary N) is 1. The van der Waals surface area contributed by atoms with E-state index in [-0.39, 0.29) is 11.9 Å². The summed E-state index contributed by atoms with van der Waals surface area (Å²) >= 11 is 0. The van der Waals surface area contributed by atoms with E-state index in [1.807, 2.05) is 32.0 Å². The van der Waals surface area contributed by atoms with Crippen LogP contribution in [0, 0.1) is 6.92 Å². The first-order valence-corrected chi connectivity index (χ1v) is 7.54. The summed E-state index contributed by atoms with van der Waals surface area (Å²) in [6.07, 6.45) is 0.981. The molecule has 5 heteroatoms. The lowest BCUT2D eigenvalue weighted by molar-refractivity contribution is -0.124. The van der Waals surface area contributed by atoms with Crippen LogP contribution in [0.2, 0.25) is 0 Å². The molecule has 2 rings (SSSR count). The zero-order valence-corrected chi connectivity index (χ0v) is 13.1. The maximum atomic E-state index is 12.5. The average molecular weight is 291 g/mol. The predicted octanol–water partition coefficient (Wildman–Crippen LogP) is 2.02. The molecule has 0 spiro atoms. The predicted molar refractivity (Wildman–Crippen MR) is 85.3 cm³/mol. The van der Waals surface area contributed by atoms with Gasteiger partial charge in [0.25, 0.3) is 0 Å². The summed E-state index contributed by atoms with van der Waals surface area (Å²) in [5.74, 6) is 0.00375. The molecule has 1 heterocycles. The first kappa shape index (κ1) is 15.8. The second-order valence-electron chi connectivity index (χ2n) is 5.56. The van der Waals surface area contributed by atoms with Gasteiger partial charge in [-0.1, -0.05) is 13.0 Å². The van der Waals surface area contributed by atoms with Crippen LogP contribution in [0.15, 0.2) is 18.2 Å². The Kier molecular flexibility index (Phi) is 5.20. The van der Waals surface area contributed by atoms with Crippen LogP contribution in [0.3, 0.4) is 0 Å². The van der Waals surface area contributed by atoms with Gasteiger partial charge in [0, 0.05) is 24.0 Å². The summed E-state index contributed by atoms with van der Waals surface area (Å²) in [5.41, 5.74) is 8.27. The smallest absolute Gasteiger partial charge is 0.241 e. The van der Waals surface area contributed by atoms with Gasteiger partial charge in [-0.2, -0.15) is 0 Å². The number of carbonyl (C=O) groups is 1. The second-order valence-corrected chi connectivity index (χ2v) is 5.56.